The zero-order valence-electron chi connectivity index (χ0n) is 6.31. The standard InChI is InChI=1S/C7H16NO/c1-3-7(4-2)5-8-6-9/h7-8H,3-6H2,1-2H3. The summed E-state index contributed by atoms with van der Waals surface area (Å²) in [5.41, 5.74) is 0. The van der Waals surface area contributed by atoms with Gasteiger partial charge in [0.05, 0.1) is 0 Å². The maximum Gasteiger partial charge on any atom is 0.133 e. The van der Waals surface area contributed by atoms with Crippen molar-refractivity contribution in [3.05, 3.63) is 0 Å². The highest BCUT2D eigenvalue weighted by Crippen LogP contribution is 2.04. The lowest BCUT2D eigenvalue weighted by molar-refractivity contribution is 0.161. The zero-order chi connectivity index (χ0) is 7.11. The summed E-state index contributed by atoms with van der Waals surface area (Å²) < 4.78 is 0. The molecule has 0 atom stereocenters. The van der Waals surface area contributed by atoms with Gasteiger partial charge in [0, 0.05) is 6.54 Å². The van der Waals surface area contributed by atoms with Crippen molar-refractivity contribution >= 4 is 0 Å². The fourth-order valence-electron chi connectivity index (χ4n) is 0.840. The van der Waals surface area contributed by atoms with Crippen LogP contribution in [0.3, 0.4) is 0 Å². The van der Waals surface area contributed by atoms with Gasteiger partial charge in [-0.1, -0.05) is 26.7 Å². The van der Waals surface area contributed by atoms with Gasteiger partial charge < -0.3 is 0 Å². The summed E-state index contributed by atoms with van der Waals surface area (Å²) in [4.78, 5) is 0. The minimum Gasteiger partial charge on any atom is -0.292 e. The minimum absolute atomic E-state index is 0.142. The van der Waals surface area contributed by atoms with Crippen molar-refractivity contribution in [1.82, 2.24) is 5.32 Å². The van der Waals surface area contributed by atoms with Crippen LogP contribution < -0.4 is 5.32 Å². The minimum atomic E-state index is -0.142. The Kier molecular flexibility index (Phi) is 5.99. The largest absolute Gasteiger partial charge is 0.292 e. The lowest BCUT2D eigenvalue weighted by Crippen LogP contribution is -2.22. The molecule has 0 saturated carbocycles. The normalized spacial score (nSPS) is 10.7. The van der Waals surface area contributed by atoms with Crippen LogP contribution in [0.4, 0.5) is 0 Å². The molecule has 0 saturated heterocycles. The maximum atomic E-state index is 9.96. The van der Waals surface area contributed by atoms with E-state index in [2.05, 4.69) is 19.2 Å². The van der Waals surface area contributed by atoms with Crippen LogP contribution >= 0.6 is 0 Å². The summed E-state index contributed by atoms with van der Waals surface area (Å²) in [5.74, 6) is 0.693. The Morgan fingerprint density at radius 2 is 1.89 bits per heavy atom. The Morgan fingerprint density at radius 3 is 2.22 bits per heavy atom. The van der Waals surface area contributed by atoms with E-state index >= 15 is 0 Å². The van der Waals surface area contributed by atoms with E-state index in [4.69, 9.17) is 0 Å². The van der Waals surface area contributed by atoms with Crippen molar-refractivity contribution < 1.29 is 5.11 Å². The smallest absolute Gasteiger partial charge is 0.133 e. The lowest BCUT2D eigenvalue weighted by Gasteiger charge is -2.10. The van der Waals surface area contributed by atoms with Gasteiger partial charge in [-0.05, 0) is 5.92 Å². The van der Waals surface area contributed by atoms with Gasteiger partial charge in [-0.25, -0.2) is 5.11 Å². The quantitative estimate of drug-likeness (QED) is 0.560. The highest BCUT2D eigenvalue weighted by Gasteiger charge is 2.00. The van der Waals surface area contributed by atoms with E-state index in [9.17, 15) is 5.11 Å². The van der Waals surface area contributed by atoms with Crippen molar-refractivity contribution in [2.75, 3.05) is 13.3 Å². The molecule has 0 aliphatic carbocycles. The van der Waals surface area contributed by atoms with Crippen LogP contribution in [0.2, 0.25) is 0 Å². The molecule has 0 aliphatic rings. The summed E-state index contributed by atoms with van der Waals surface area (Å²) in [6, 6.07) is 0. The molecule has 0 amide bonds. The van der Waals surface area contributed by atoms with Gasteiger partial charge in [0.1, 0.15) is 6.73 Å². The Labute approximate surface area is 57.3 Å². The predicted molar refractivity (Wildman–Crippen MR) is 37.6 cm³/mol. The van der Waals surface area contributed by atoms with Crippen LogP contribution in [0.1, 0.15) is 26.7 Å². The van der Waals surface area contributed by atoms with E-state index in [1.807, 2.05) is 0 Å². The van der Waals surface area contributed by atoms with Crippen LogP contribution in [-0.4, -0.2) is 13.3 Å². The molecule has 0 aliphatic heterocycles. The molecule has 9 heavy (non-hydrogen) atoms. The van der Waals surface area contributed by atoms with E-state index in [1.54, 1.807) is 0 Å². The lowest BCUT2D eigenvalue weighted by atomic mass is 10.0. The van der Waals surface area contributed by atoms with Crippen molar-refractivity contribution in [2.24, 2.45) is 5.92 Å². The molecule has 0 bridgehead atoms. The number of hydrogen-bond acceptors (Lipinski definition) is 1. The SMILES string of the molecule is CCC(CC)CNC[O]. The van der Waals surface area contributed by atoms with E-state index in [0.717, 1.165) is 6.54 Å². The predicted octanol–water partition coefficient (Wildman–Crippen LogP) is 1.40. The van der Waals surface area contributed by atoms with Crippen molar-refractivity contribution in [2.45, 2.75) is 26.7 Å². The van der Waals surface area contributed by atoms with Crippen LogP contribution in [0.5, 0.6) is 0 Å². The fourth-order valence-corrected chi connectivity index (χ4v) is 0.840. The fraction of sp³-hybridized carbons (Fsp3) is 1.00. The number of rotatable bonds is 5. The maximum absolute atomic E-state index is 9.96. The van der Waals surface area contributed by atoms with E-state index < -0.39 is 0 Å². The summed E-state index contributed by atoms with van der Waals surface area (Å²) in [6.45, 7) is 5.05. The molecular weight excluding hydrogens is 114 g/mol. The second-order valence-corrected chi connectivity index (χ2v) is 2.28. The van der Waals surface area contributed by atoms with Crippen LogP contribution in [0.15, 0.2) is 0 Å². The van der Waals surface area contributed by atoms with Gasteiger partial charge >= 0.3 is 0 Å². The van der Waals surface area contributed by atoms with E-state index in [0.29, 0.717) is 5.92 Å². The molecule has 2 heteroatoms. The third-order valence-electron chi connectivity index (χ3n) is 1.69. The average Bonchev–Trinajstić information content (AvgIpc) is 1.91. The second-order valence-electron chi connectivity index (χ2n) is 2.28. The Bertz CT molecular complexity index is 52.9. The molecule has 0 spiro atoms. The molecule has 0 aromatic carbocycles. The first-order chi connectivity index (χ1) is 4.35. The van der Waals surface area contributed by atoms with Gasteiger partial charge in [0.25, 0.3) is 0 Å². The van der Waals surface area contributed by atoms with Gasteiger partial charge in [-0.15, -0.1) is 0 Å². The highest BCUT2D eigenvalue weighted by atomic mass is 16.3. The Morgan fingerprint density at radius 1 is 1.33 bits per heavy atom. The third-order valence-corrected chi connectivity index (χ3v) is 1.69. The molecular formula is C7H16NO. The molecule has 0 fully saturated rings. The summed E-state index contributed by atoms with van der Waals surface area (Å²) in [6.07, 6.45) is 2.34. The molecule has 0 aromatic rings. The first kappa shape index (κ1) is 8.92. The first-order valence-corrected chi connectivity index (χ1v) is 3.63. The number of hydrogen-bond donors (Lipinski definition) is 1. The summed E-state index contributed by atoms with van der Waals surface area (Å²) in [7, 11) is 0. The zero-order valence-corrected chi connectivity index (χ0v) is 6.31. The molecule has 1 N–H and O–H groups in total. The third kappa shape index (κ3) is 4.43. The molecule has 0 aromatic heterocycles. The topological polar surface area (TPSA) is 31.9 Å². The second kappa shape index (κ2) is 6.05. The molecule has 0 unspecified atom stereocenters. The molecule has 1 radical (unpaired) electrons. The van der Waals surface area contributed by atoms with Crippen LogP contribution in [0, 0.1) is 5.92 Å². The summed E-state index contributed by atoms with van der Waals surface area (Å²) >= 11 is 0. The Hall–Kier alpha value is -0.0800. The van der Waals surface area contributed by atoms with Crippen LogP contribution in [0.25, 0.3) is 0 Å². The van der Waals surface area contributed by atoms with Crippen molar-refractivity contribution in [3.8, 4) is 0 Å². The molecule has 0 rings (SSSR count). The average molecular weight is 130 g/mol. The van der Waals surface area contributed by atoms with Crippen LogP contribution in [-0.2, 0) is 5.11 Å². The molecule has 2 nitrogen and oxygen atoms in total. The number of nitrogens with one attached hydrogen (secondary N) is 1. The molecule has 0 heterocycles. The van der Waals surface area contributed by atoms with E-state index in [1.165, 1.54) is 12.8 Å². The highest BCUT2D eigenvalue weighted by molar-refractivity contribution is 4.55. The van der Waals surface area contributed by atoms with Crippen molar-refractivity contribution in [1.29, 1.82) is 0 Å². The van der Waals surface area contributed by atoms with Gasteiger partial charge in [-0.3, -0.25) is 5.32 Å². The first-order valence-electron chi connectivity index (χ1n) is 3.63. The summed E-state index contributed by atoms with van der Waals surface area (Å²) in [5, 5.41) is 12.7. The van der Waals surface area contributed by atoms with Gasteiger partial charge in [-0.2, -0.15) is 0 Å². The van der Waals surface area contributed by atoms with E-state index in [-0.39, 0.29) is 6.73 Å². The van der Waals surface area contributed by atoms with Crippen molar-refractivity contribution in [3.63, 3.8) is 0 Å². The Balaban J connectivity index is 3.09. The van der Waals surface area contributed by atoms with Gasteiger partial charge in [0.15, 0.2) is 0 Å². The molecule has 55 valence electrons. The monoisotopic (exact) mass is 130 g/mol. The van der Waals surface area contributed by atoms with Gasteiger partial charge in [0.2, 0.25) is 0 Å².